The number of nitrogens with one attached hydrogen (secondary N) is 4. The minimum absolute atomic E-state index is 0.0168. The van der Waals surface area contributed by atoms with Crippen molar-refractivity contribution >= 4 is 65.0 Å². The molecule has 1 rings (SSSR count). The maximum Gasteiger partial charge on any atom is 0.246 e. The number of amides is 11. The number of likely N-dealkylation sites (N-methyl/N-ethyl adjacent to an activating group) is 7. The monoisotopic (exact) mass is 1220 g/mol. The Hall–Kier alpha value is -6.13. The van der Waals surface area contributed by atoms with Crippen LogP contribution in [0.3, 0.4) is 0 Å². The predicted molar refractivity (Wildman–Crippen MR) is 333 cm³/mol. The third kappa shape index (κ3) is 21.3. The molecule has 0 aromatic carbocycles. The van der Waals surface area contributed by atoms with Crippen molar-refractivity contribution in [2.45, 2.75) is 230 Å². The highest BCUT2D eigenvalue weighted by Crippen LogP contribution is 2.32. The van der Waals surface area contributed by atoms with E-state index in [0.29, 0.717) is 0 Å². The average Bonchev–Trinajstić information content (AvgIpc) is 2.05. The summed E-state index contributed by atoms with van der Waals surface area (Å²) in [5.41, 5.74) is -1.05. The normalized spacial score (nSPS) is 26.6. The van der Waals surface area contributed by atoms with E-state index < -0.39 is 155 Å². The number of nitrogens with zero attached hydrogens (tertiary/aromatic N) is 7. The molecule has 86 heavy (non-hydrogen) atoms. The van der Waals surface area contributed by atoms with E-state index in [1.807, 2.05) is 61.5 Å². The molecule has 5 N–H and O–H groups in total. The largest absolute Gasteiger partial charge is 0.390 e. The molecule has 0 bridgehead atoms. The molecule has 23 heteroatoms. The zero-order valence-electron chi connectivity index (χ0n) is 57.0. The van der Waals surface area contributed by atoms with E-state index in [0.717, 1.165) is 9.80 Å². The van der Waals surface area contributed by atoms with Gasteiger partial charge < -0.3 is 60.7 Å². The number of carbonyl (C=O) groups excluding carboxylic acids is 11. The van der Waals surface area contributed by atoms with Crippen molar-refractivity contribution in [2.24, 2.45) is 40.9 Å². The van der Waals surface area contributed by atoms with Crippen molar-refractivity contribution in [3.63, 3.8) is 0 Å². The number of hydrogen-bond donors (Lipinski definition) is 5. The molecule has 1 unspecified atom stereocenters. The topological polar surface area (TPSA) is 279 Å². The summed E-state index contributed by atoms with van der Waals surface area (Å²) in [4.78, 5) is 169. The van der Waals surface area contributed by atoms with Gasteiger partial charge in [0.1, 0.15) is 60.4 Å². The van der Waals surface area contributed by atoms with Gasteiger partial charge in [-0.3, -0.25) is 52.7 Å². The van der Waals surface area contributed by atoms with Crippen LogP contribution in [0.1, 0.15) is 163 Å². The van der Waals surface area contributed by atoms with Crippen LogP contribution in [0.5, 0.6) is 0 Å². The Morgan fingerprint density at radius 1 is 0.477 bits per heavy atom. The van der Waals surface area contributed by atoms with Gasteiger partial charge in [0.05, 0.1) is 12.6 Å². The molecule has 0 spiro atoms. The fraction of sp³-hybridized carbons (Fsp3) is 0.794. The van der Waals surface area contributed by atoms with Gasteiger partial charge in [-0.25, -0.2) is 0 Å². The van der Waals surface area contributed by atoms with Gasteiger partial charge in [0.15, 0.2) is 0 Å². The van der Waals surface area contributed by atoms with Crippen molar-refractivity contribution in [1.82, 2.24) is 55.6 Å². The smallest absolute Gasteiger partial charge is 0.246 e. The quantitative estimate of drug-likeness (QED) is 0.147. The molecule has 1 aliphatic rings. The van der Waals surface area contributed by atoms with Crippen molar-refractivity contribution < 1.29 is 57.8 Å². The number of rotatable bonds is 15. The summed E-state index contributed by atoms with van der Waals surface area (Å²) in [6.45, 7) is 31.1. The highest BCUT2D eigenvalue weighted by atomic mass is 16.3. The molecule has 1 aliphatic heterocycles. The van der Waals surface area contributed by atoms with E-state index >= 15 is 9.59 Å². The van der Waals surface area contributed by atoms with Gasteiger partial charge in [-0.1, -0.05) is 116 Å². The van der Waals surface area contributed by atoms with Crippen LogP contribution in [-0.4, -0.2) is 227 Å². The number of aliphatic hydroxyl groups excluding tert-OH is 1. The third-order valence-corrected chi connectivity index (χ3v) is 16.4. The molecule has 11 amide bonds. The van der Waals surface area contributed by atoms with E-state index in [4.69, 9.17) is 0 Å². The van der Waals surface area contributed by atoms with E-state index in [1.54, 1.807) is 61.5 Å². The third-order valence-electron chi connectivity index (χ3n) is 16.4. The van der Waals surface area contributed by atoms with E-state index in [-0.39, 0.29) is 62.2 Å². The van der Waals surface area contributed by atoms with Crippen LogP contribution >= 0.6 is 0 Å². The highest BCUT2D eigenvalue weighted by molar-refractivity contribution is 5.99. The Labute approximate surface area is 515 Å². The first-order valence-electron chi connectivity index (χ1n) is 30.9. The van der Waals surface area contributed by atoms with Crippen LogP contribution < -0.4 is 21.3 Å². The van der Waals surface area contributed by atoms with Crippen molar-refractivity contribution in [3.05, 3.63) is 12.2 Å². The fourth-order valence-electron chi connectivity index (χ4n) is 10.8. The Morgan fingerprint density at radius 3 is 1.33 bits per heavy atom. The SMILES string of the molecule is C/C=C/CC(C)(C)[C@@H](O)C1C(=O)N[C@@H](CC)C(=O)N(C)CC(=O)N(C)[C@@H](CC(C)C)C(=O)N[C@@H](C(C)C)C(=O)N(C)[C@@H](CC(C)C)C(=O)N[C@@H](C)C(=O)N[C@H](C)C(=O)N(C)[C@@H](CC(C)C)C(=O)N(C)[C@@H](CC(C)C)C(=O)N(C)[C@@H](C(C)C)C(=O)N1C. The molecule has 0 radical (unpaired) electrons. The van der Waals surface area contributed by atoms with Gasteiger partial charge in [-0.15, -0.1) is 0 Å². The second-order valence-corrected chi connectivity index (χ2v) is 27.0. The van der Waals surface area contributed by atoms with Crippen molar-refractivity contribution in [1.29, 1.82) is 0 Å². The van der Waals surface area contributed by atoms with Crippen LogP contribution in [-0.2, 0) is 52.7 Å². The molecule has 492 valence electrons. The fourth-order valence-corrected chi connectivity index (χ4v) is 10.8. The summed E-state index contributed by atoms with van der Waals surface area (Å²) in [6.07, 6.45) is 2.95. The van der Waals surface area contributed by atoms with Gasteiger partial charge in [0.2, 0.25) is 65.0 Å². The number of aliphatic hydroxyl groups is 1. The molecule has 11 atom stereocenters. The predicted octanol–water partition coefficient (Wildman–Crippen LogP) is 3.66. The van der Waals surface area contributed by atoms with Crippen LogP contribution in [0, 0.1) is 40.9 Å². The summed E-state index contributed by atoms with van der Waals surface area (Å²) in [6, 6.07) is -12.4. The maximum absolute atomic E-state index is 15.2. The summed E-state index contributed by atoms with van der Waals surface area (Å²) >= 11 is 0. The van der Waals surface area contributed by atoms with Crippen molar-refractivity contribution in [2.75, 3.05) is 55.9 Å². The number of carbonyl (C=O) groups is 11. The van der Waals surface area contributed by atoms with Gasteiger partial charge in [-0.05, 0) is 100 Å². The van der Waals surface area contributed by atoms with Gasteiger partial charge in [0, 0.05) is 49.3 Å². The standard InChI is InChI=1S/C63H113N11O12/c1-26-28-29-63(17,18)52(76)51-56(80)66-43(27-2)58(82)68(19)34-48(75)69(20)44(30-35(3)4)55(79)67-49(39(11)12)61(85)70(21)45(31-36(5)6)54(78)64-41(15)53(77)65-42(16)57(81)71(22)46(32-37(7)8)59(83)72(23)47(33-38(9)10)60(84)73(24)50(40(13)14)62(86)74(51)25/h26,28,35-47,49-52,76H,27,29-34H2,1-25H3,(H,64,78)(H,65,77)(H,66,80)(H,67,79)/b28-26+/t41-,42+,43-,44-,45-,46-,47-,49-,50-,51?,52-/m0/s1. The lowest BCUT2D eigenvalue weighted by Crippen LogP contribution is -2.64. The minimum atomic E-state index is -1.64. The second-order valence-electron chi connectivity index (χ2n) is 27.0. The first-order valence-corrected chi connectivity index (χ1v) is 30.9. The summed E-state index contributed by atoms with van der Waals surface area (Å²) in [5.74, 6) is -9.15. The van der Waals surface area contributed by atoms with Gasteiger partial charge in [-0.2, -0.15) is 0 Å². The Morgan fingerprint density at radius 2 is 0.884 bits per heavy atom. The molecule has 0 aromatic rings. The maximum atomic E-state index is 15.2. The summed E-state index contributed by atoms with van der Waals surface area (Å²) < 4.78 is 0. The Kier molecular flexibility index (Phi) is 31.2. The Balaban J connectivity index is 4.36. The molecule has 1 heterocycles. The van der Waals surface area contributed by atoms with Crippen LogP contribution in [0.25, 0.3) is 0 Å². The first-order chi connectivity index (χ1) is 39.5. The van der Waals surface area contributed by atoms with Gasteiger partial charge >= 0.3 is 0 Å². The molecule has 1 fully saturated rings. The van der Waals surface area contributed by atoms with Crippen LogP contribution in [0.15, 0.2) is 12.2 Å². The highest BCUT2D eigenvalue weighted by Gasteiger charge is 2.47. The zero-order valence-corrected chi connectivity index (χ0v) is 57.0. The molecule has 23 nitrogen and oxygen atoms in total. The van der Waals surface area contributed by atoms with E-state index in [9.17, 15) is 48.3 Å². The lowest BCUT2D eigenvalue weighted by molar-refractivity contribution is -0.158. The van der Waals surface area contributed by atoms with Gasteiger partial charge in [0.25, 0.3) is 0 Å². The lowest BCUT2D eigenvalue weighted by Gasteiger charge is -2.43. The first kappa shape index (κ1) is 77.9. The number of hydrogen-bond acceptors (Lipinski definition) is 12. The molecular formula is C63H113N11O12. The molecule has 0 saturated carbocycles. The van der Waals surface area contributed by atoms with Crippen LogP contribution in [0.4, 0.5) is 0 Å². The van der Waals surface area contributed by atoms with E-state index in [1.165, 1.54) is 87.7 Å². The Bertz CT molecular complexity index is 2370. The lowest BCUT2D eigenvalue weighted by atomic mass is 9.78. The van der Waals surface area contributed by atoms with E-state index in [2.05, 4.69) is 21.3 Å². The van der Waals surface area contributed by atoms with Crippen LogP contribution in [0.2, 0.25) is 0 Å². The molecular weight excluding hydrogens is 1100 g/mol. The average molecular weight is 1220 g/mol. The van der Waals surface area contributed by atoms with Crippen molar-refractivity contribution in [3.8, 4) is 0 Å². The summed E-state index contributed by atoms with van der Waals surface area (Å²) in [5, 5.41) is 23.3. The number of allylic oxidation sites excluding steroid dienone is 2. The second kappa shape index (κ2) is 34.4. The molecule has 0 aliphatic carbocycles. The summed E-state index contributed by atoms with van der Waals surface area (Å²) in [7, 11) is 9.92. The molecule has 0 aromatic heterocycles. The zero-order chi connectivity index (χ0) is 66.9. The molecule has 1 saturated heterocycles. The minimum Gasteiger partial charge on any atom is -0.390 e.